The minimum absolute atomic E-state index is 0.0228. The number of H-pyrrole nitrogens is 1. The number of pyridine rings is 1. The summed E-state index contributed by atoms with van der Waals surface area (Å²) < 4.78 is 0. The second kappa shape index (κ2) is 3.27. The Morgan fingerprint density at radius 3 is 2.71 bits per heavy atom. The van der Waals surface area contributed by atoms with Crippen LogP contribution in [0.25, 0.3) is 10.9 Å². The summed E-state index contributed by atoms with van der Waals surface area (Å²) in [4.78, 5) is 24.7. The fourth-order valence-corrected chi connectivity index (χ4v) is 1.43. The molecule has 3 nitrogen and oxygen atoms in total. The van der Waals surface area contributed by atoms with Gasteiger partial charge in [0.05, 0.1) is 5.56 Å². The Morgan fingerprint density at radius 2 is 2.00 bits per heavy atom. The van der Waals surface area contributed by atoms with E-state index in [1.165, 1.54) is 6.07 Å². The lowest BCUT2D eigenvalue weighted by Crippen LogP contribution is -2.14. The van der Waals surface area contributed by atoms with Gasteiger partial charge in [0.1, 0.15) is 0 Å². The number of hydrogen-bond acceptors (Lipinski definition) is 2. The molecule has 1 N–H and O–H groups in total. The second-order valence-corrected chi connectivity index (χ2v) is 3.22. The highest BCUT2D eigenvalue weighted by atomic mass is 35.5. The van der Waals surface area contributed by atoms with Gasteiger partial charge in [-0.1, -0.05) is 18.2 Å². The molecule has 0 aliphatic heterocycles. The van der Waals surface area contributed by atoms with Crippen molar-refractivity contribution in [1.29, 1.82) is 0 Å². The Labute approximate surface area is 84.3 Å². The van der Waals surface area contributed by atoms with Crippen molar-refractivity contribution in [3.05, 3.63) is 46.2 Å². The SMILES string of the molecule is O=C(Cl)c1cc2ccccc2[nH]c1=O. The van der Waals surface area contributed by atoms with E-state index in [1.807, 2.05) is 6.07 Å². The lowest BCUT2D eigenvalue weighted by molar-refractivity contribution is 0.108. The molecule has 1 heterocycles. The van der Waals surface area contributed by atoms with Gasteiger partial charge in [-0.2, -0.15) is 0 Å². The van der Waals surface area contributed by atoms with E-state index >= 15 is 0 Å². The normalized spacial score (nSPS) is 10.4. The molecule has 0 fully saturated rings. The monoisotopic (exact) mass is 207 g/mol. The van der Waals surface area contributed by atoms with Crippen LogP contribution < -0.4 is 5.56 Å². The molecule has 0 atom stereocenters. The molecular formula is C10H6ClNO2. The molecule has 2 aromatic rings. The van der Waals surface area contributed by atoms with Crippen molar-refractivity contribution in [2.24, 2.45) is 0 Å². The zero-order chi connectivity index (χ0) is 10.1. The van der Waals surface area contributed by atoms with E-state index in [2.05, 4.69) is 4.98 Å². The summed E-state index contributed by atoms with van der Waals surface area (Å²) in [5, 5.41) is 0.0492. The maximum Gasteiger partial charge on any atom is 0.260 e. The van der Waals surface area contributed by atoms with Crippen molar-refractivity contribution in [3.63, 3.8) is 0 Å². The van der Waals surface area contributed by atoms with Gasteiger partial charge in [0, 0.05) is 5.52 Å². The lowest BCUT2D eigenvalue weighted by Gasteiger charge is -1.98. The van der Waals surface area contributed by atoms with Crippen molar-refractivity contribution < 1.29 is 4.79 Å². The summed E-state index contributed by atoms with van der Waals surface area (Å²) in [7, 11) is 0. The number of carbonyl (C=O) groups is 1. The smallest absolute Gasteiger partial charge is 0.260 e. The van der Waals surface area contributed by atoms with E-state index in [9.17, 15) is 9.59 Å². The largest absolute Gasteiger partial charge is 0.321 e. The number of benzene rings is 1. The Bertz CT molecular complexity index is 559. The van der Waals surface area contributed by atoms with Crippen molar-refractivity contribution >= 4 is 27.7 Å². The predicted molar refractivity (Wildman–Crippen MR) is 54.8 cm³/mol. The predicted octanol–water partition coefficient (Wildman–Crippen LogP) is 1.91. The first-order chi connectivity index (χ1) is 6.68. The van der Waals surface area contributed by atoms with Gasteiger partial charge in [0.15, 0.2) is 0 Å². The van der Waals surface area contributed by atoms with Crippen LogP contribution in [0.2, 0.25) is 0 Å². The lowest BCUT2D eigenvalue weighted by atomic mass is 10.2. The first-order valence-electron chi connectivity index (χ1n) is 4.00. The van der Waals surface area contributed by atoms with Crippen LogP contribution in [-0.4, -0.2) is 10.2 Å². The van der Waals surface area contributed by atoms with E-state index < -0.39 is 10.8 Å². The first kappa shape index (κ1) is 8.97. The van der Waals surface area contributed by atoms with Gasteiger partial charge in [0.2, 0.25) is 0 Å². The summed E-state index contributed by atoms with van der Waals surface area (Å²) in [6.45, 7) is 0. The van der Waals surface area contributed by atoms with Gasteiger partial charge in [-0.15, -0.1) is 0 Å². The summed E-state index contributed by atoms with van der Waals surface area (Å²) in [6.07, 6.45) is 0. The van der Waals surface area contributed by atoms with Gasteiger partial charge in [-0.3, -0.25) is 9.59 Å². The Morgan fingerprint density at radius 1 is 1.29 bits per heavy atom. The van der Waals surface area contributed by atoms with Gasteiger partial charge in [-0.05, 0) is 29.1 Å². The maximum atomic E-state index is 11.3. The average molecular weight is 208 g/mol. The molecule has 4 heteroatoms. The molecule has 0 aliphatic rings. The van der Waals surface area contributed by atoms with E-state index in [4.69, 9.17) is 11.6 Å². The molecule has 2 rings (SSSR count). The van der Waals surface area contributed by atoms with Crippen LogP contribution in [-0.2, 0) is 0 Å². The molecule has 14 heavy (non-hydrogen) atoms. The average Bonchev–Trinajstić information content (AvgIpc) is 2.16. The number of halogens is 1. The van der Waals surface area contributed by atoms with Crippen LogP contribution in [0.5, 0.6) is 0 Å². The summed E-state index contributed by atoms with van der Waals surface area (Å²) in [6, 6.07) is 8.68. The van der Waals surface area contributed by atoms with Crippen molar-refractivity contribution in [1.82, 2.24) is 4.98 Å². The molecule has 0 radical (unpaired) electrons. The quantitative estimate of drug-likeness (QED) is 0.727. The molecule has 0 saturated heterocycles. The highest BCUT2D eigenvalue weighted by Crippen LogP contribution is 2.10. The van der Waals surface area contributed by atoms with Crippen LogP contribution in [0.4, 0.5) is 0 Å². The molecule has 0 amide bonds. The third kappa shape index (κ3) is 1.42. The number of carbonyl (C=O) groups excluding carboxylic acids is 1. The minimum atomic E-state index is -0.739. The van der Waals surface area contributed by atoms with Gasteiger partial charge < -0.3 is 4.98 Å². The van der Waals surface area contributed by atoms with E-state index in [1.54, 1.807) is 18.2 Å². The Kier molecular flexibility index (Phi) is 2.09. The number of hydrogen-bond donors (Lipinski definition) is 1. The second-order valence-electron chi connectivity index (χ2n) is 2.87. The van der Waals surface area contributed by atoms with Crippen molar-refractivity contribution in [3.8, 4) is 0 Å². The number of nitrogens with one attached hydrogen (secondary N) is 1. The molecule has 0 unspecified atom stereocenters. The summed E-state index contributed by atoms with van der Waals surface area (Å²) in [5.74, 6) is 0. The van der Waals surface area contributed by atoms with Crippen molar-refractivity contribution in [2.45, 2.75) is 0 Å². The zero-order valence-electron chi connectivity index (χ0n) is 7.08. The highest BCUT2D eigenvalue weighted by Gasteiger charge is 2.07. The van der Waals surface area contributed by atoms with E-state index in [0.717, 1.165) is 5.39 Å². The van der Waals surface area contributed by atoms with E-state index in [0.29, 0.717) is 5.52 Å². The molecule has 0 spiro atoms. The van der Waals surface area contributed by atoms with Crippen molar-refractivity contribution in [2.75, 3.05) is 0 Å². The highest BCUT2D eigenvalue weighted by molar-refractivity contribution is 6.67. The minimum Gasteiger partial charge on any atom is -0.321 e. The maximum absolute atomic E-state index is 11.3. The third-order valence-electron chi connectivity index (χ3n) is 1.97. The number of rotatable bonds is 1. The fourth-order valence-electron chi connectivity index (χ4n) is 1.29. The molecule has 70 valence electrons. The molecule has 1 aromatic carbocycles. The van der Waals surface area contributed by atoms with Gasteiger partial charge >= 0.3 is 0 Å². The number of para-hydroxylation sites is 1. The van der Waals surface area contributed by atoms with Crippen LogP contribution in [0.15, 0.2) is 35.1 Å². The fraction of sp³-hybridized carbons (Fsp3) is 0. The number of fused-ring (bicyclic) bond motifs is 1. The topological polar surface area (TPSA) is 49.9 Å². The van der Waals surface area contributed by atoms with Crippen LogP contribution in [0.3, 0.4) is 0 Å². The van der Waals surface area contributed by atoms with Crippen LogP contribution in [0.1, 0.15) is 10.4 Å². The Hall–Kier alpha value is -1.61. The summed E-state index contributed by atoms with van der Waals surface area (Å²) >= 11 is 5.25. The number of aromatic amines is 1. The molecule has 1 aromatic heterocycles. The van der Waals surface area contributed by atoms with Crippen LogP contribution in [0, 0.1) is 0 Å². The number of aromatic nitrogens is 1. The molecule has 0 saturated carbocycles. The molecular weight excluding hydrogens is 202 g/mol. The van der Waals surface area contributed by atoms with E-state index in [-0.39, 0.29) is 5.56 Å². The van der Waals surface area contributed by atoms with Gasteiger partial charge in [-0.25, -0.2) is 0 Å². The zero-order valence-corrected chi connectivity index (χ0v) is 7.84. The standard InChI is InChI=1S/C10H6ClNO2/c11-9(13)7-5-6-3-1-2-4-8(6)12-10(7)14/h1-5H,(H,12,14). The third-order valence-corrected chi connectivity index (χ3v) is 2.17. The molecule has 0 aliphatic carbocycles. The Balaban J connectivity index is 2.84. The first-order valence-corrected chi connectivity index (χ1v) is 4.38. The molecule has 0 bridgehead atoms. The van der Waals surface area contributed by atoms with Crippen LogP contribution >= 0.6 is 11.6 Å². The van der Waals surface area contributed by atoms with Gasteiger partial charge in [0.25, 0.3) is 10.8 Å². The summed E-state index contributed by atoms with van der Waals surface area (Å²) in [5.41, 5.74) is 0.216.